The largest absolute Gasteiger partial charge is 0.381 e. The number of carbonyl (C=O) groups is 2. The number of primary amides is 1. The molecule has 120 valence electrons. The van der Waals surface area contributed by atoms with Gasteiger partial charge in [-0.15, -0.1) is 0 Å². The monoisotopic (exact) mass is 314 g/mol. The molecule has 1 aromatic heterocycles. The molecule has 0 aliphatic carbocycles. The molecule has 2 atom stereocenters. The van der Waals surface area contributed by atoms with Crippen molar-refractivity contribution in [3.8, 4) is 0 Å². The van der Waals surface area contributed by atoms with Gasteiger partial charge in [-0.2, -0.15) is 0 Å². The lowest BCUT2D eigenvalue weighted by atomic mass is 10.1. The number of carbonyl (C=O) groups excluding carboxylic acids is 2. The Morgan fingerprint density at radius 3 is 2.83 bits per heavy atom. The van der Waals surface area contributed by atoms with Crippen molar-refractivity contribution in [2.75, 3.05) is 13.2 Å². The zero-order valence-corrected chi connectivity index (χ0v) is 12.6. The Kier molecular flexibility index (Phi) is 4.47. The van der Waals surface area contributed by atoms with Crippen LogP contribution < -0.4 is 11.1 Å². The van der Waals surface area contributed by atoms with Crippen LogP contribution in [0, 0.1) is 5.92 Å². The number of nitrogens with two attached hydrogens (primary N) is 1. The second-order valence-corrected chi connectivity index (χ2v) is 5.58. The van der Waals surface area contributed by atoms with Gasteiger partial charge in [-0.25, -0.2) is 4.98 Å². The Morgan fingerprint density at radius 2 is 2.13 bits per heavy atom. The number of hydrogen-bond acceptors (Lipinski definition) is 5. The van der Waals surface area contributed by atoms with Crippen LogP contribution in [0.25, 0.3) is 11.0 Å². The van der Waals surface area contributed by atoms with E-state index in [4.69, 9.17) is 10.5 Å². The molecule has 7 nitrogen and oxygen atoms in total. The first-order chi connectivity index (χ1) is 11.1. The van der Waals surface area contributed by atoms with E-state index in [9.17, 15) is 9.59 Å². The summed E-state index contributed by atoms with van der Waals surface area (Å²) in [5.74, 6) is -1.02. The van der Waals surface area contributed by atoms with Gasteiger partial charge in [0.05, 0.1) is 29.3 Å². The Labute approximate surface area is 133 Å². The van der Waals surface area contributed by atoms with Gasteiger partial charge in [0.25, 0.3) is 0 Å². The van der Waals surface area contributed by atoms with Crippen LogP contribution in [0.4, 0.5) is 0 Å². The van der Waals surface area contributed by atoms with Crippen LogP contribution in [0.3, 0.4) is 0 Å². The van der Waals surface area contributed by atoms with Crippen molar-refractivity contribution in [1.82, 2.24) is 15.3 Å². The third kappa shape index (κ3) is 3.62. The summed E-state index contributed by atoms with van der Waals surface area (Å²) in [5, 5.41) is 2.69. The molecule has 0 radical (unpaired) electrons. The quantitative estimate of drug-likeness (QED) is 0.818. The van der Waals surface area contributed by atoms with Gasteiger partial charge in [0.1, 0.15) is 6.04 Å². The van der Waals surface area contributed by atoms with Crippen molar-refractivity contribution in [2.45, 2.75) is 18.9 Å². The molecule has 0 saturated carbocycles. The first-order valence-electron chi connectivity index (χ1n) is 7.51. The highest BCUT2D eigenvalue weighted by molar-refractivity contribution is 5.88. The molecule has 1 saturated heterocycles. The molecule has 0 spiro atoms. The van der Waals surface area contributed by atoms with Gasteiger partial charge < -0.3 is 15.8 Å². The first kappa shape index (κ1) is 15.4. The summed E-state index contributed by atoms with van der Waals surface area (Å²) in [5.41, 5.74) is 7.53. The molecule has 1 aromatic carbocycles. The maximum atomic E-state index is 12.1. The number of nitrogens with one attached hydrogen (secondary N) is 1. The molecule has 23 heavy (non-hydrogen) atoms. The van der Waals surface area contributed by atoms with Crippen molar-refractivity contribution in [1.29, 1.82) is 0 Å². The number of amides is 2. The van der Waals surface area contributed by atoms with Crippen LogP contribution in [-0.4, -0.2) is 41.0 Å². The standard InChI is InChI=1S/C16H18N4O3/c17-15(21)14(20-16(22)10-5-6-23-9-10)7-11-8-18-12-3-1-2-4-13(12)19-11/h1-4,8,10,14H,5-7,9H2,(H2,17,21)(H,20,22)/t10-,14+/m1/s1. The molecular weight excluding hydrogens is 296 g/mol. The molecule has 3 N–H and O–H groups in total. The highest BCUT2D eigenvalue weighted by atomic mass is 16.5. The fourth-order valence-corrected chi connectivity index (χ4v) is 2.56. The van der Waals surface area contributed by atoms with Crippen LogP contribution in [0.1, 0.15) is 12.1 Å². The van der Waals surface area contributed by atoms with Crippen molar-refractivity contribution in [3.05, 3.63) is 36.2 Å². The number of ether oxygens (including phenoxy) is 1. The van der Waals surface area contributed by atoms with Crippen LogP contribution in [-0.2, 0) is 20.7 Å². The van der Waals surface area contributed by atoms with Crippen LogP contribution in [0.15, 0.2) is 30.5 Å². The Hall–Kier alpha value is -2.54. The number of fused-ring (bicyclic) bond motifs is 1. The van der Waals surface area contributed by atoms with Gasteiger partial charge in [-0.3, -0.25) is 14.6 Å². The third-order valence-corrected chi connectivity index (χ3v) is 3.87. The minimum atomic E-state index is -0.807. The molecule has 1 aliphatic rings. The van der Waals surface area contributed by atoms with Gasteiger partial charge in [0, 0.05) is 19.2 Å². The lowest BCUT2D eigenvalue weighted by Crippen LogP contribution is -2.48. The summed E-state index contributed by atoms with van der Waals surface area (Å²) in [6.07, 6.45) is 2.47. The Morgan fingerprint density at radius 1 is 1.35 bits per heavy atom. The SMILES string of the molecule is NC(=O)[C@H](Cc1cnc2ccccc2n1)NC(=O)[C@@H]1CCOC1. The number of nitrogens with zero attached hydrogens (tertiary/aromatic N) is 2. The number of aromatic nitrogens is 2. The zero-order valence-electron chi connectivity index (χ0n) is 12.6. The topological polar surface area (TPSA) is 107 Å². The van der Waals surface area contributed by atoms with E-state index in [-0.39, 0.29) is 18.2 Å². The van der Waals surface area contributed by atoms with E-state index >= 15 is 0 Å². The summed E-state index contributed by atoms with van der Waals surface area (Å²) >= 11 is 0. The lowest BCUT2D eigenvalue weighted by molar-refractivity contribution is -0.129. The van der Waals surface area contributed by atoms with E-state index < -0.39 is 11.9 Å². The fraction of sp³-hybridized carbons (Fsp3) is 0.375. The van der Waals surface area contributed by atoms with Crippen molar-refractivity contribution in [3.63, 3.8) is 0 Å². The molecule has 0 bridgehead atoms. The first-order valence-corrected chi connectivity index (χ1v) is 7.51. The summed E-state index contributed by atoms with van der Waals surface area (Å²) in [4.78, 5) is 32.5. The van der Waals surface area contributed by atoms with Gasteiger partial charge in [-0.05, 0) is 18.6 Å². The average molecular weight is 314 g/mol. The molecule has 2 aromatic rings. The van der Waals surface area contributed by atoms with E-state index in [2.05, 4.69) is 15.3 Å². The zero-order chi connectivity index (χ0) is 16.2. The maximum absolute atomic E-state index is 12.1. The van der Waals surface area contributed by atoms with E-state index in [0.29, 0.717) is 25.3 Å². The molecule has 1 fully saturated rings. The molecule has 3 rings (SSSR count). The number of para-hydroxylation sites is 2. The molecular formula is C16H18N4O3. The van der Waals surface area contributed by atoms with E-state index in [1.165, 1.54) is 0 Å². The van der Waals surface area contributed by atoms with Crippen LogP contribution >= 0.6 is 0 Å². The highest BCUT2D eigenvalue weighted by Crippen LogP contribution is 2.13. The van der Waals surface area contributed by atoms with Gasteiger partial charge in [-0.1, -0.05) is 12.1 Å². The molecule has 0 unspecified atom stereocenters. The predicted molar refractivity (Wildman–Crippen MR) is 83.3 cm³/mol. The second-order valence-electron chi connectivity index (χ2n) is 5.58. The van der Waals surface area contributed by atoms with E-state index in [1.54, 1.807) is 6.20 Å². The van der Waals surface area contributed by atoms with Crippen molar-refractivity contribution in [2.24, 2.45) is 11.7 Å². The minimum Gasteiger partial charge on any atom is -0.381 e. The normalized spacial score (nSPS) is 18.7. The summed E-state index contributed by atoms with van der Waals surface area (Å²) in [6, 6.07) is 6.65. The molecule has 1 aliphatic heterocycles. The average Bonchev–Trinajstić information content (AvgIpc) is 3.08. The van der Waals surface area contributed by atoms with Crippen LogP contribution in [0.2, 0.25) is 0 Å². The maximum Gasteiger partial charge on any atom is 0.240 e. The van der Waals surface area contributed by atoms with Gasteiger partial charge >= 0.3 is 0 Å². The predicted octanol–water partition coefficient (Wildman–Crippen LogP) is 0.179. The van der Waals surface area contributed by atoms with Crippen LogP contribution in [0.5, 0.6) is 0 Å². The van der Waals surface area contributed by atoms with Gasteiger partial charge in [0.2, 0.25) is 11.8 Å². The second kappa shape index (κ2) is 6.70. The third-order valence-electron chi connectivity index (χ3n) is 3.87. The number of benzene rings is 1. The molecule has 7 heteroatoms. The number of rotatable bonds is 5. The highest BCUT2D eigenvalue weighted by Gasteiger charge is 2.27. The minimum absolute atomic E-state index is 0.208. The number of hydrogen-bond donors (Lipinski definition) is 2. The molecule has 2 amide bonds. The summed E-state index contributed by atoms with van der Waals surface area (Å²) in [6.45, 7) is 0.947. The fourth-order valence-electron chi connectivity index (χ4n) is 2.56. The summed E-state index contributed by atoms with van der Waals surface area (Å²) in [7, 11) is 0. The smallest absolute Gasteiger partial charge is 0.240 e. The Balaban J connectivity index is 1.72. The van der Waals surface area contributed by atoms with E-state index in [1.807, 2.05) is 24.3 Å². The Bertz CT molecular complexity index is 728. The summed E-state index contributed by atoms with van der Waals surface area (Å²) < 4.78 is 5.19. The molecule has 2 heterocycles. The van der Waals surface area contributed by atoms with Gasteiger partial charge in [0.15, 0.2) is 0 Å². The van der Waals surface area contributed by atoms with E-state index in [0.717, 1.165) is 11.0 Å². The van der Waals surface area contributed by atoms with Crippen molar-refractivity contribution >= 4 is 22.8 Å². The lowest BCUT2D eigenvalue weighted by Gasteiger charge is -2.17. The van der Waals surface area contributed by atoms with Crippen molar-refractivity contribution < 1.29 is 14.3 Å².